The van der Waals surface area contributed by atoms with Gasteiger partial charge in [-0.1, -0.05) is 6.07 Å². The molecule has 0 saturated carbocycles. The molecule has 0 saturated heterocycles. The first-order valence-electron chi connectivity index (χ1n) is 5.56. The summed E-state index contributed by atoms with van der Waals surface area (Å²) in [6.07, 6.45) is -3.38. The number of hydrogen-bond donors (Lipinski definition) is 0. The highest BCUT2D eigenvalue weighted by Gasteiger charge is 2.32. The van der Waals surface area contributed by atoms with Gasteiger partial charge in [0, 0.05) is 18.0 Å². The summed E-state index contributed by atoms with van der Waals surface area (Å²) >= 11 is 0. The SMILES string of the molecule is Cc1cccc(=O)n1Cc1ccnc(C(F)(F)F)c1. The molecule has 0 radical (unpaired) electrons. The van der Waals surface area contributed by atoms with Gasteiger partial charge < -0.3 is 4.57 Å². The first-order chi connectivity index (χ1) is 8.88. The standard InChI is InChI=1S/C13H11F3N2O/c1-9-3-2-4-12(19)18(9)8-10-5-6-17-11(7-10)13(14,15)16/h2-7H,8H2,1H3. The van der Waals surface area contributed by atoms with E-state index in [1.54, 1.807) is 19.1 Å². The Morgan fingerprint density at radius 2 is 2.00 bits per heavy atom. The number of hydrogen-bond acceptors (Lipinski definition) is 2. The normalized spacial score (nSPS) is 11.6. The molecule has 0 fully saturated rings. The number of nitrogens with zero attached hydrogens (tertiary/aromatic N) is 2. The van der Waals surface area contributed by atoms with Crippen molar-refractivity contribution in [3.05, 3.63) is 63.8 Å². The second-order valence-electron chi connectivity index (χ2n) is 4.14. The fraction of sp³-hybridized carbons (Fsp3) is 0.231. The Balaban J connectivity index is 2.37. The van der Waals surface area contributed by atoms with Gasteiger partial charge in [0.2, 0.25) is 0 Å². The zero-order valence-corrected chi connectivity index (χ0v) is 10.1. The monoisotopic (exact) mass is 268 g/mol. The second-order valence-corrected chi connectivity index (χ2v) is 4.14. The number of aromatic nitrogens is 2. The Kier molecular flexibility index (Phi) is 3.42. The van der Waals surface area contributed by atoms with Crippen molar-refractivity contribution >= 4 is 0 Å². The zero-order chi connectivity index (χ0) is 14.0. The molecule has 0 bridgehead atoms. The smallest absolute Gasteiger partial charge is 0.309 e. The molecule has 0 amide bonds. The lowest BCUT2D eigenvalue weighted by molar-refractivity contribution is -0.141. The topological polar surface area (TPSA) is 34.9 Å². The third-order valence-electron chi connectivity index (χ3n) is 2.72. The highest BCUT2D eigenvalue weighted by molar-refractivity contribution is 5.20. The maximum Gasteiger partial charge on any atom is 0.433 e. The zero-order valence-electron chi connectivity index (χ0n) is 10.1. The van der Waals surface area contributed by atoms with Gasteiger partial charge in [-0.05, 0) is 30.7 Å². The Bertz CT molecular complexity index is 647. The Morgan fingerprint density at radius 1 is 1.26 bits per heavy atom. The average Bonchev–Trinajstić information content (AvgIpc) is 2.33. The molecule has 0 aromatic carbocycles. The number of rotatable bonds is 2. The molecule has 0 atom stereocenters. The van der Waals surface area contributed by atoms with E-state index in [1.807, 2.05) is 0 Å². The molecule has 3 nitrogen and oxygen atoms in total. The molecule has 6 heteroatoms. The van der Waals surface area contributed by atoms with Crippen LogP contribution in [0.25, 0.3) is 0 Å². The van der Waals surface area contributed by atoms with Gasteiger partial charge >= 0.3 is 6.18 Å². The van der Waals surface area contributed by atoms with Crippen LogP contribution in [0.4, 0.5) is 13.2 Å². The minimum Gasteiger partial charge on any atom is -0.309 e. The van der Waals surface area contributed by atoms with E-state index in [0.717, 1.165) is 12.3 Å². The van der Waals surface area contributed by atoms with E-state index in [0.29, 0.717) is 11.3 Å². The van der Waals surface area contributed by atoms with E-state index < -0.39 is 11.9 Å². The molecule has 0 aliphatic rings. The van der Waals surface area contributed by atoms with Crippen LogP contribution in [-0.4, -0.2) is 9.55 Å². The molecule has 0 aliphatic heterocycles. The summed E-state index contributed by atoms with van der Waals surface area (Å²) in [4.78, 5) is 14.9. The average molecular weight is 268 g/mol. The van der Waals surface area contributed by atoms with Gasteiger partial charge in [-0.15, -0.1) is 0 Å². The van der Waals surface area contributed by atoms with E-state index in [1.165, 1.54) is 16.7 Å². The lowest BCUT2D eigenvalue weighted by Crippen LogP contribution is -2.21. The quantitative estimate of drug-likeness (QED) is 0.839. The van der Waals surface area contributed by atoms with Crippen molar-refractivity contribution in [3.63, 3.8) is 0 Å². The van der Waals surface area contributed by atoms with Crippen LogP contribution in [0.2, 0.25) is 0 Å². The summed E-state index contributed by atoms with van der Waals surface area (Å²) < 4.78 is 39.0. The third kappa shape index (κ3) is 3.01. The molecule has 0 spiro atoms. The van der Waals surface area contributed by atoms with Gasteiger partial charge in [0.25, 0.3) is 5.56 Å². The van der Waals surface area contributed by atoms with Crippen LogP contribution < -0.4 is 5.56 Å². The van der Waals surface area contributed by atoms with E-state index >= 15 is 0 Å². The molecular formula is C13H11F3N2O. The number of halogens is 3. The van der Waals surface area contributed by atoms with Crippen molar-refractivity contribution in [2.24, 2.45) is 0 Å². The van der Waals surface area contributed by atoms with Crippen LogP contribution in [0.15, 0.2) is 41.3 Å². The summed E-state index contributed by atoms with van der Waals surface area (Å²) in [7, 11) is 0. The molecule has 0 aliphatic carbocycles. The Hall–Kier alpha value is -2.11. The molecular weight excluding hydrogens is 257 g/mol. The lowest BCUT2D eigenvalue weighted by Gasteiger charge is -2.11. The molecule has 2 aromatic rings. The van der Waals surface area contributed by atoms with Crippen molar-refractivity contribution in [2.45, 2.75) is 19.6 Å². The second kappa shape index (κ2) is 4.87. The summed E-state index contributed by atoms with van der Waals surface area (Å²) in [5.41, 5.74) is -0.117. The third-order valence-corrected chi connectivity index (χ3v) is 2.72. The van der Waals surface area contributed by atoms with E-state index in [-0.39, 0.29) is 12.1 Å². The fourth-order valence-electron chi connectivity index (χ4n) is 1.74. The van der Waals surface area contributed by atoms with Gasteiger partial charge in [0.1, 0.15) is 5.69 Å². The summed E-state index contributed by atoms with van der Waals surface area (Å²) in [6.45, 7) is 1.82. The molecule has 2 rings (SSSR count). The Labute approximate surface area is 107 Å². The summed E-state index contributed by atoms with van der Waals surface area (Å²) in [5.74, 6) is 0. The summed E-state index contributed by atoms with van der Waals surface area (Å²) in [6, 6.07) is 7.14. The number of pyridine rings is 2. The van der Waals surface area contributed by atoms with Crippen LogP contribution >= 0.6 is 0 Å². The maximum atomic E-state index is 12.5. The molecule has 19 heavy (non-hydrogen) atoms. The Morgan fingerprint density at radius 3 is 2.63 bits per heavy atom. The van der Waals surface area contributed by atoms with Crippen molar-refractivity contribution in [1.29, 1.82) is 0 Å². The van der Waals surface area contributed by atoms with E-state index in [9.17, 15) is 18.0 Å². The predicted molar refractivity (Wildman–Crippen MR) is 63.8 cm³/mol. The minimum absolute atomic E-state index is 0.0944. The van der Waals surface area contributed by atoms with E-state index in [4.69, 9.17) is 0 Å². The highest BCUT2D eigenvalue weighted by atomic mass is 19.4. The lowest BCUT2D eigenvalue weighted by atomic mass is 10.2. The van der Waals surface area contributed by atoms with Crippen LogP contribution in [0, 0.1) is 6.92 Å². The van der Waals surface area contributed by atoms with E-state index in [2.05, 4.69) is 4.98 Å². The van der Waals surface area contributed by atoms with Crippen molar-refractivity contribution < 1.29 is 13.2 Å². The predicted octanol–water partition coefficient (Wildman–Crippen LogP) is 2.62. The molecule has 2 aromatic heterocycles. The van der Waals surface area contributed by atoms with Crippen molar-refractivity contribution in [1.82, 2.24) is 9.55 Å². The fourth-order valence-corrected chi connectivity index (χ4v) is 1.74. The minimum atomic E-state index is -4.48. The van der Waals surface area contributed by atoms with Crippen LogP contribution in [-0.2, 0) is 12.7 Å². The first kappa shape index (κ1) is 13.3. The first-order valence-corrected chi connectivity index (χ1v) is 5.56. The number of alkyl halides is 3. The van der Waals surface area contributed by atoms with Gasteiger partial charge in [-0.3, -0.25) is 9.78 Å². The van der Waals surface area contributed by atoms with Crippen LogP contribution in [0.1, 0.15) is 17.0 Å². The van der Waals surface area contributed by atoms with Gasteiger partial charge in [0.05, 0.1) is 6.54 Å². The number of aryl methyl sites for hydroxylation is 1. The van der Waals surface area contributed by atoms with Gasteiger partial charge in [-0.25, -0.2) is 0 Å². The molecule has 0 N–H and O–H groups in total. The molecule has 0 unspecified atom stereocenters. The largest absolute Gasteiger partial charge is 0.433 e. The highest BCUT2D eigenvalue weighted by Crippen LogP contribution is 2.27. The van der Waals surface area contributed by atoms with Crippen molar-refractivity contribution in [3.8, 4) is 0 Å². The maximum absolute atomic E-state index is 12.5. The molecule has 100 valence electrons. The van der Waals surface area contributed by atoms with Gasteiger partial charge in [-0.2, -0.15) is 13.2 Å². The van der Waals surface area contributed by atoms with Crippen LogP contribution in [0.3, 0.4) is 0 Å². The summed E-state index contributed by atoms with van der Waals surface area (Å²) in [5, 5.41) is 0. The van der Waals surface area contributed by atoms with Crippen molar-refractivity contribution in [2.75, 3.05) is 0 Å². The van der Waals surface area contributed by atoms with Gasteiger partial charge in [0.15, 0.2) is 0 Å². The van der Waals surface area contributed by atoms with Crippen LogP contribution in [0.5, 0.6) is 0 Å². The molecule has 2 heterocycles.